The fourth-order valence-electron chi connectivity index (χ4n) is 1.45. The lowest BCUT2D eigenvalue weighted by atomic mass is 9.96. The van der Waals surface area contributed by atoms with Crippen molar-refractivity contribution >= 4 is 41.5 Å². The lowest BCUT2D eigenvalue weighted by Crippen LogP contribution is -2.35. The predicted molar refractivity (Wildman–Crippen MR) is 95.7 cm³/mol. The van der Waals surface area contributed by atoms with Crippen LogP contribution in [0, 0.1) is 0 Å². The average molecular weight is 410 g/mol. The van der Waals surface area contributed by atoms with Gasteiger partial charge < -0.3 is 16.2 Å². The van der Waals surface area contributed by atoms with Gasteiger partial charge in [0.15, 0.2) is 5.96 Å². The summed E-state index contributed by atoms with van der Waals surface area (Å²) in [7, 11) is 0. The molecule has 0 aromatic heterocycles. The predicted octanol–water partition coefficient (Wildman–Crippen LogP) is 2.65. The number of benzene rings is 1. The Morgan fingerprint density at radius 2 is 2.20 bits per heavy atom. The van der Waals surface area contributed by atoms with Gasteiger partial charge in [-0.3, -0.25) is 4.99 Å². The molecule has 0 aliphatic heterocycles. The van der Waals surface area contributed by atoms with Gasteiger partial charge in [0, 0.05) is 11.6 Å². The van der Waals surface area contributed by atoms with Gasteiger partial charge in [-0.1, -0.05) is 35.9 Å². The molecule has 4 nitrogen and oxygen atoms in total. The van der Waals surface area contributed by atoms with Crippen molar-refractivity contribution in [1.29, 1.82) is 0 Å². The monoisotopic (exact) mass is 409 g/mol. The molecule has 0 spiro atoms. The zero-order valence-corrected chi connectivity index (χ0v) is 14.8. The van der Waals surface area contributed by atoms with E-state index in [1.54, 1.807) is 31.2 Å². The van der Waals surface area contributed by atoms with Gasteiger partial charge in [-0.15, -0.1) is 24.0 Å². The van der Waals surface area contributed by atoms with Gasteiger partial charge in [-0.2, -0.15) is 0 Å². The van der Waals surface area contributed by atoms with Crippen LogP contribution in [0.25, 0.3) is 0 Å². The second-order valence-electron chi connectivity index (χ2n) is 4.80. The van der Waals surface area contributed by atoms with Gasteiger partial charge in [-0.25, -0.2) is 0 Å². The van der Waals surface area contributed by atoms with E-state index in [2.05, 4.69) is 16.9 Å². The average Bonchev–Trinajstić information content (AvgIpc) is 2.34. The number of nitrogens with one attached hydrogen (secondary N) is 1. The first-order valence-electron chi connectivity index (χ1n) is 5.98. The fourth-order valence-corrected chi connectivity index (χ4v) is 1.64. The van der Waals surface area contributed by atoms with E-state index < -0.39 is 5.60 Å². The minimum atomic E-state index is -1.11. The van der Waals surface area contributed by atoms with Crippen LogP contribution in [0.4, 0.5) is 0 Å². The quantitative estimate of drug-likeness (QED) is 0.303. The van der Waals surface area contributed by atoms with Crippen LogP contribution >= 0.6 is 35.6 Å². The van der Waals surface area contributed by atoms with Crippen LogP contribution < -0.4 is 11.1 Å². The third-order valence-electron chi connectivity index (χ3n) is 2.58. The number of aliphatic hydroxyl groups is 1. The minimum Gasteiger partial charge on any atom is -0.384 e. The Morgan fingerprint density at radius 3 is 2.75 bits per heavy atom. The van der Waals surface area contributed by atoms with E-state index in [1.807, 2.05) is 6.92 Å². The maximum absolute atomic E-state index is 10.4. The molecule has 1 unspecified atom stereocenters. The summed E-state index contributed by atoms with van der Waals surface area (Å²) in [5.74, 6) is 0.283. The Hall–Kier alpha value is -0.790. The van der Waals surface area contributed by atoms with Crippen molar-refractivity contribution in [2.75, 3.05) is 13.1 Å². The van der Waals surface area contributed by atoms with Gasteiger partial charge in [0.05, 0.1) is 6.54 Å². The minimum absolute atomic E-state index is 0. The molecule has 112 valence electrons. The zero-order valence-electron chi connectivity index (χ0n) is 11.7. The molecule has 4 N–H and O–H groups in total. The number of hydrogen-bond donors (Lipinski definition) is 3. The van der Waals surface area contributed by atoms with Gasteiger partial charge in [0.25, 0.3) is 0 Å². The molecule has 1 atom stereocenters. The van der Waals surface area contributed by atoms with Gasteiger partial charge in [-0.05, 0) is 31.5 Å². The molecule has 0 saturated carbocycles. The molecule has 0 saturated heterocycles. The zero-order chi connectivity index (χ0) is 14.5. The summed E-state index contributed by atoms with van der Waals surface area (Å²) in [6.45, 7) is 8.04. The highest BCUT2D eigenvalue weighted by Crippen LogP contribution is 2.23. The second-order valence-corrected chi connectivity index (χ2v) is 5.23. The van der Waals surface area contributed by atoms with Crippen LogP contribution in [0.3, 0.4) is 0 Å². The first-order chi connectivity index (χ1) is 8.81. The molecule has 0 fully saturated rings. The SMILES string of the molecule is C=C(C)CNC(N)=NCC(C)(O)c1cccc(Cl)c1.I. The Bertz CT molecular complexity index is 489. The first kappa shape index (κ1) is 19.2. The van der Waals surface area contributed by atoms with Crippen LogP contribution in [0.1, 0.15) is 19.4 Å². The largest absolute Gasteiger partial charge is 0.384 e. The molecule has 0 aliphatic rings. The van der Waals surface area contributed by atoms with Crippen molar-refractivity contribution in [3.63, 3.8) is 0 Å². The lowest BCUT2D eigenvalue weighted by molar-refractivity contribution is 0.0673. The van der Waals surface area contributed by atoms with E-state index in [4.69, 9.17) is 17.3 Å². The topological polar surface area (TPSA) is 70.6 Å². The van der Waals surface area contributed by atoms with Crippen molar-refractivity contribution in [1.82, 2.24) is 5.32 Å². The van der Waals surface area contributed by atoms with Crippen molar-refractivity contribution in [3.05, 3.63) is 47.0 Å². The molecule has 0 bridgehead atoms. The molecule has 0 aliphatic carbocycles. The summed E-state index contributed by atoms with van der Waals surface area (Å²) in [4.78, 5) is 4.12. The molecule has 20 heavy (non-hydrogen) atoms. The van der Waals surface area contributed by atoms with Crippen LogP contribution in [-0.2, 0) is 5.60 Å². The van der Waals surface area contributed by atoms with E-state index in [0.717, 1.165) is 5.57 Å². The Kier molecular flexibility index (Phi) is 8.15. The maximum Gasteiger partial charge on any atom is 0.188 e. The Labute approximate surface area is 142 Å². The standard InChI is InChI=1S/C14H20ClN3O.HI/c1-10(2)8-17-13(16)18-9-14(3,19)11-5-4-6-12(15)7-11;/h4-7,19H,1,8-9H2,2-3H3,(H3,16,17,18);1H. The van der Waals surface area contributed by atoms with Crippen molar-refractivity contribution in [2.24, 2.45) is 10.7 Å². The molecule has 1 aromatic rings. The number of nitrogens with two attached hydrogens (primary N) is 1. The summed E-state index contributed by atoms with van der Waals surface area (Å²) in [6.07, 6.45) is 0. The second kappa shape index (κ2) is 8.49. The molecule has 6 heteroatoms. The fraction of sp³-hybridized carbons (Fsp3) is 0.357. The van der Waals surface area contributed by atoms with Crippen molar-refractivity contribution in [2.45, 2.75) is 19.4 Å². The van der Waals surface area contributed by atoms with E-state index in [1.165, 1.54) is 0 Å². The number of aliphatic imine (C=N–C) groups is 1. The molecular weight excluding hydrogens is 389 g/mol. The molecule has 0 amide bonds. The lowest BCUT2D eigenvalue weighted by Gasteiger charge is -2.22. The normalized spacial score (nSPS) is 14.1. The number of halogens is 2. The summed E-state index contributed by atoms with van der Waals surface area (Å²) < 4.78 is 0. The number of rotatable bonds is 5. The smallest absolute Gasteiger partial charge is 0.188 e. The van der Waals surface area contributed by atoms with E-state index >= 15 is 0 Å². The third kappa shape index (κ3) is 6.58. The van der Waals surface area contributed by atoms with Gasteiger partial charge >= 0.3 is 0 Å². The number of nitrogens with zero attached hydrogens (tertiary/aromatic N) is 1. The molecule has 1 rings (SSSR count). The van der Waals surface area contributed by atoms with E-state index in [9.17, 15) is 5.11 Å². The first-order valence-corrected chi connectivity index (χ1v) is 6.35. The Morgan fingerprint density at radius 1 is 1.55 bits per heavy atom. The summed E-state index contributed by atoms with van der Waals surface area (Å²) in [5, 5.41) is 13.9. The molecule has 1 aromatic carbocycles. The van der Waals surface area contributed by atoms with Gasteiger partial charge in [0.2, 0.25) is 0 Å². The maximum atomic E-state index is 10.4. The van der Waals surface area contributed by atoms with E-state index in [-0.39, 0.29) is 36.5 Å². The summed E-state index contributed by atoms with van der Waals surface area (Å²) >= 11 is 5.90. The highest BCUT2D eigenvalue weighted by molar-refractivity contribution is 14.0. The van der Waals surface area contributed by atoms with Crippen LogP contribution in [-0.4, -0.2) is 24.2 Å². The summed E-state index contributed by atoms with van der Waals surface area (Å²) in [5.41, 5.74) is 6.25. The van der Waals surface area contributed by atoms with Crippen molar-refractivity contribution < 1.29 is 5.11 Å². The third-order valence-corrected chi connectivity index (χ3v) is 2.81. The highest BCUT2D eigenvalue weighted by atomic mass is 127. The molecule has 0 heterocycles. The van der Waals surface area contributed by atoms with Crippen LogP contribution in [0.15, 0.2) is 41.4 Å². The van der Waals surface area contributed by atoms with Gasteiger partial charge in [0.1, 0.15) is 5.60 Å². The summed E-state index contributed by atoms with van der Waals surface area (Å²) in [6, 6.07) is 7.07. The number of guanidine groups is 1. The number of hydrogen-bond acceptors (Lipinski definition) is 2. The highest BCUT2D eigenvalue weighted by Gasteiger charge is 2.22. The van der Waals surface area contributed by atoms with E-state index in [0.29, 0.717) is 17.1 Å². The molecule has 0 radical (unpaired) electrons. The Balaban J connectivity index is 0.00000361. The molecular formula is C14H21ClIN3O. The van der Waals surface area contributed by atoms with Crippen LogP contribution in [0.5, 0.6) is 0 Å². The van der Waals surface area contributed by atoms with Crippen molar-refractivity contribution in [3.8, 4) is 0 Å². The van der Waals surface area contributed by atoms with Crippen LogP contribution in [0.2, 0.25) is 5.02 Å².